The first-order valence-corrected chi connectivity index (χ1v) is 6.27. The quantitative estimate of drug-likeness (QED) is 0.653. The zero-order valence-corrected chi connectivity index (χ0v) is 11.4. The van der Waals surface area contributed by atoms with Crippen LogP contribution in [0, 0.1) is 0 Å². The molecule has 0 aliphatic rings. The summed E-state index contributed by atoms with van der Waals surface area (Å²) in [5.41, 5.74) is 0. The lowest BCUT2D eigenvalue weighted by atomic mass is 10.3. The minimum absolute atomic E-state index is 1.00. The van der Waals surface area contributed by atoms with Crippen molar-refractivity contribution in [2.24, 2.45) is 0 Å². The van der Waals surface area contributed by atoms with Gasteiger partial charge < -0.3 is 4.42 Å². The molecule has 0 fully saturated rings. The smallest absolute Gasteiger partial charge is 0.103 e. The molecule has 15 heavy (non-hydrogen) atoms. The van der Waals surface area contributed by atoms with Gasteiger partial charge in [0.05, 0.1) is 0 Å². The summed E-state index contributed by atoms with van der Waals surface area (Å²) in [6.45, 7) is 12.7. The van der Waals surface area contributed by atoms with E-state index in [1.54, 1.807) is 0 Å². The van der Waals surface area contributed by atoms with Gasteiger partial charge in [-0.1, -0.05) is 54.4 Å². The highest BCUT2D eigenvalue weighted by atomic mass is 16.3. The van der Waals surface area contributed by atoms with Gasteiger partial charge in [0.1, 0.15) is 11.5 Å². The third-order valence-electron chi connectivity index (χ3n) is 1.41. The molecule has 0 aliphatic heterocycles. The molecule has 1 aromatic heterocycles. The van der Waals surface area contributed by atoms with Crippen LogP contribution in [0.25, 0.3) is 0 Å². The molecule has 1 heteroatoms. The second kappa shape index (κ2) is 13.3. The van der Waals surface area contributed by atoms with Gasteiger partial charge in [-0.15, -0.1) is 0 Å². The lowest BCUT2D eigenvalue weighted by molar-refractivity contribution is 0.474. The summed E-state index contributed by atoms with van der Waals surface area (Å²) < 4.78 is 5.38. The molecule has 0 aromatic carbocycles. The van der Waals surface area contributed by atoms with Crippen molar-refractivity contribution < 1.29 is 4.42 Å². The summed E-state index contributed by atoms with van der Waals surface area (Å²) in [5.74, 6) is 2.18. The van der Waals surface area contributed by atoms with Crippen molar-refractivity contribution in [3.63, 3.8) is 0 Å². The number of aryl methyl sites for hydroxylation is 2. The summed E-state index contributed by atoms with van der Waals surface area (Å²) >= 11 is 0. The Balaban J connectivity index is 0. The average Bonchev–Trinajstić information content (AvgIpc) is 2.67. The minimum Gasteiger partial charge on any atom is -0.466 e. The fourth-order valence-corrected chi connectivity index (χ4v) is 0.802. The molecule has 0 unspecified atom stereocenters. The zero-order chi connectivity index (χ0) is 12.1. The molecular formula is C14H28O. The highest BCUT2D eigenvalue weighted by Gasteiger charge is 1.94. The molecular weight excluding hydrogens is 184 g/mol. The van der Waals surface area contributed by atoms with E-state index in [4.69, 9.17) is 4.42 Å². The van der Waals surface area contributed by atoms with E-state index in [2.05, 4.69) is 41.5 Å². The average molecular weight is 212 g/mol. The van der Waals surface area contributed by atoms with Crippen molar-refractivity contribution in [3.8, 4) is 0 Å². The topological polar surface area (TPSA) is 13.1 Å². The summed E-state index contributed by atoms with van der Waals surface area (Å²) in [5, 5.41) is 0. The second-order valence-electron chi connectivity index (χ2n) is 3.49. The standard InChI is InChI=1S/C8H12O.2C3H8/c1-3-7-5-6-8(4-2)9-7;2*1-3-2/h5-6H,3-4H2,1-2H3;2*3H2,1-2H3. The van der Waals surface area contributed by atoms with Crippen LogP contribution in [0.15, 0.2) is 16.5 Å². The van der Waals surface area contributed by atoms with E-state index < -0.39 is 0 Å². The molecule has 1 nitrogen and oxygen atoms in total. The molecule has 0 bridgehead atoms. The van der Waals surface area contributed by atoms with Gasteiger partial charge in [-0.2, -0.15) is 0 Å². The van der Waals surface area contributed by atoms with Crippen LogP contribution in [-0.2, 0) is 12.8 Å². The second-order valence-corrected chi connectivity index (χ2v) is 3.49. The molecule has 1 heterocycles. The summed E-state index contributed by atoms with van der Waals surface area (Å²) in [4.78, 5) is 0. The van der Waals surface area contributed by atoms with E-state index in [0.717, 1.165) is 24.4 Å². The normalized spacial score (nSPS) is 8.40. The monoisotopic (exact) mass is 212 g/mol. The zero-order valence-electron chi connectivity index (χ0n) is 11.4. The van der Waals surface area contributed by atoms with Crippen molar-refractivity contribution in [3.05, 3.63) is 23.7 Å². The maximum absolute atomic E-state index is 5.38. The maximum atomic E-state index is 5.38. The molecule has 1 aromatic rings. The Kier molecular flexibility index (Phi) is 14.8. The molecule has 0 spiro atoms. The van der Waals surface area contributed by atoms with Gasteiger partial charge >= 0.3 is 0 Å². The van der Waals surface area contributed by atoms with Crippen LogP contribution in [0.4, 0.5) is 0 Å². The number of furan rings is 1. The minimum atomic E-state index is 1.00. The van der Waals surface area contributed by atoms with E-state index in [-0.39, 0.29) is 0 Å². The van der Waals surface area contributed by atoms with Gasteiger partial charge in [0.25, 0.3) is 0 Å². The van der Waals surface area contributed by atoms with Crippen molar-refractivity contribution >= 4 is 0 Å². The number of hydrogen-bond acceptors (Lipinski definition) is 1. The number of rotatable bonds is 2. The lowest BCUT2D eigenvalue weighted by Gasteiger charge is -1.86. The van der Waals surface area contributed by atoms with Crippen LogP contribution in [0.3, 0.4) is 0 Å². The van der Waals surface area contributed by atoms with Gasteiger partial charge in [-0.05, 0) is 12.1 Å². The lowest BCUT2D eigenvalue weighted by Crippen LogP contribution is -1.71. The van der Waals surface area contributed by atoms with E-state index in [9.17, 15) is 0 Å². The van der Waals surface area contributed by atoms with Gasteiger partial charge in [0.15, 0.2) is 0 Å². The molecule has 1 rings (SSSR count). The first kappa shape index (κ1) is 16.7. The summed E-state index contributed by atoms with van der Waals surface area (Å²) in [6, 6.07) is 4.08. The number of hydrogen-bond donors (Lipinski definition) is 0. The van der Waals surface area contributed by atoms with Crippen LogP contribution in [0.1, 0.15) is 65.9 Å². The predicted molar refractivity (Wildman–Crippen MR) is 69.4 cm³/mol. The molecule has 0 saturated heterocycles. The van der Waals surface area contributed by atoms with E-state index >= 15 is 0 Å². The Morgan fingerprint density at radius 3 is 1.13 bits per heavy atom. The highest BCUT2D eigenvalue weighted by molar-refractivity contribution is 5.06. The molecule has 90 valence electrons. The van der Waals surface area contributed by atoms with E-state index in [1.807, 2.05) is 12.1 Å². The van der Waals surface area contributed by atoms with Crippen LogP contribution < -0.4 is 0 Å². The fraction of sp³-hybridized carbons (Fsp3) is 0.714. The Bertz CT molecular complexity index is 180. The SMILES string of the molecule is CCC.CCC.CCc1ccc(CC)o1. The van der Waals surface area contributed by atoms with Gasteiger partial charge in [0, 0.05) is 12.8 Å². The van der Waals surface area contributed by atoms with Gasteiger partial charge in [-0.3, -0.25) is 0 Å². The summed E-state index contributed by atoms with van der Waals surface area (Å²) in [6.07, 6.45) is 4.50. The Morgan fingerprint density at radius 2 is 1.00 bits per heavy atom. The largest absolute Gasteiger partial charge is 0.466 e. The van der Waals surface area contributed by atoms with E-state index in [1.165, 1.54) is 12.8 Å². The first-order chi connectivity index (χ1) is 7.19. The van der Waals surface area contributed by atoms with Crippen molar-refractivity contribution in [1.29, 1.82) is 0 Å². The molecule has 0 N–H and O–H groups in total. The Hall–Kier alpha value is -0.720. The van der Waals surface area contributed by atoms with Crippen molar-refractivity contribution in [1.82, 2.24) is 0 Å². The van der Waals surface area contributed by atoms with Crippen molar-refractivity contribution in [2.45, 2.75) is 67.2 Å². The van der Waals surface area contributed by atoms with Gasteiger partial charge in [0.2, 0.25) is 0 Å². The Labute approximate surface area is 95.9 Å². The molecule has 0 radical (unpaired) electrons. The van der Waals surface area contributed by atoms with Crippen LogP contribution in [0.2, 0.25) is 0 Å². The van der Waals surface area contributed by atoms with Gasteiger partial charge in [-0.25, -0.2) is 0 Å². The van der Waals surface area contributed by atoms with Crippen LogP contribution in [0.5, 0.6) is 0 Å². The third-order valence-corrected chi connectivity index (χ3v) is 1.41. The third kappa shape index (κ3) is 11.2. The molecule has 0 saturated carbocycles. The fourth-order valence-electron chi connectivity index (χ4n) is 0.802. The van der Waals surface area contributed by atoms with Crippen LogP contribution >= 0.6 is 0 Å². The first-order valence-electron chi connectivity index (χ1n) is 6.27. The van der Waals surface area contributed by atoms with E-state index in [0.29, 0.717) is 0 Å². The van der Waals surface area contributed by atoms with Crippen molar-refractivity contribution in [2.75, 3.05) is 0 Å². The molecule has 0 atom stereocenters. The van der Waals surface area contributed by atoms with Crippen LogP contribution in [-0.4, -0.2) is 0 Å². The predicted octanol–water partition coefficient (Wildman–Crippen LogP) is 5.24. The maximum Gasteiger partial charge on any atom is 0.103 e. The summed E-state index contributed by atoms with van der Waals surface area (Å²) in [7, 11) is 0. The molecule has 0 amide bonds. The molecule has 0 aliphatic carbocycles. The highest BCUT2D eigenvalue weighted by Crippen LogP contribution is 2.07. The Morgan fingerprint density at radius 1 is 0.733 bits per heavy atom.